The second-order valence-electron chi connectivity index (χ2n) is 13.9. The van der Waals surface area contributed by atoms with Gasteiger partial charge >= 0.3 is 0 Å². The third-order valence-electron chi connectivity index (χ3n) is 10.6. The number of nitrogens with zero attached hydrogens (tertiary/aromatic N) is 2. The minimum Gasteiger partial charge on any atom is -0.314 e. The van der Waals surface area contributed by atoms with E-state index in [9.17, 15) is 4.57 Å². The van der Waals surface area contributed by atoms with Crippen LogP contribution in [0.25, 0.3) is 88.8 Å². The van der Waals surface area contributed by atoms with Gasteiger partial charge in [0.1, 0.15) is 7.14 Å². The number of fused-ring (bicyclic) bond motifs is 6. The fourth-order valence-electron chi connectivity index (χ4n) is 7.95. The topological polar surface area (TPSA) is 42.9 Å². The van der Waals surface area contributed by atoms with Gasteiger partial charge in [0.15, 0.2) is 5.82 Å². The molecule has 4 heteroatoms. The van der Waals surface area contributed by atoms with Crippen molar-refractivity contribution in [1.82, 2.24) is 9.97 Å². The van der Waals surface area contributed by atoms with Crippen LogP contribution in [0, 0.1) is 0 Å². The highest BCUT2D eigenvalue weighted by Gasteiger charge is 2.34. The molecule has 0 spiro atoms. The van der Waals surface area contributed by atoms with Gasteiger partial charge in [0.25, 0.3) is 0 Å². The molecule has 1 aliphatic rings. The minimum absolute atomic E-state index is 0.673. The molecule has 0 radical (unpaired) electrons. The van der Waals surface area contributed by atoms with Crippen LogP contribution < -0.4 is 10.6 Å². The van der Waals surface area contributed by atoms with Crippen molar-refractivity contribution in [2.75, 3.05) is 6.66 Å². The average molecular weight is 697 g/mol. The van der Waals surface area contributed by atoms with Crippen molar-refractivity contribution in [2.24, 2.45) is 0 Å². The summed E-state index contributed by atoms with van der Waals surface area (Å²) in [5, 5.41) is 6.68. The van der Waals surface area contributed by atoms with E-state index in [0.29, 0.717) is 5.82 Å². The largest absolute Gasteiger partial charge is 0.314 e. The van der Waals surface area contributed by atoms with E-state index < -0.39 is 7.14 Å². The second kappa shape index (κ2) is 12.4. The summed E-state index contributed by atoms with van der Waals surface area (Å²) >= 11 is 0. The van der Waals surface area contributed by atoms with E-state index >= 15 is 0 Å². The molecule has 0 saturated carbocycles. The van der Waals surface area contributed by atoms with Crippen LogP contribution in [-0.2, 0) is 4.57 Å². The zero-order valence-electron chi connectivity index (χ0n) is 29.1. The van der Waals surface area contributed by atoms with Crippen LogP contribution in [-0.4, -0.2) is 16.6 Å². The summed E-state index contributed by atoms with van der Waals surface area (Å²) in [5.41, 5.74) is 11.1. The molecule has 1 unspecified atom stereocenters. The summed E-state index contributed by atoms with van der Waals surface area (Å²) in [4.78, 5) is 10.3. The summed E-state index contributed by atoms with van der Waals surface area (Å²) in [6.07, 6.45) is 0. The lowest BCUT2D eigenvalue weighted by molar-refractivity contribution is 0.591. The number of hydrogen-bond donors (Lipinski definition) is 0. The Morgan fingerprint density at radius 3 is 1.75 bits per heavy atom. The van der Waals surface area contributed by atoms with Crippen molar-refractivity contribution in [1.29, 1.82) is 0 Å². The normalized spacial score (nSPS) is 14.7. The molecule has 0 saturated heterocycles. The van der Waals surface area contributed by atoms with Gasteiger partial charge in [0.05, 0.1) is 11.4 Å². The molecule has 0 aliphatic carbocycles. The van der Waals surface area contributed by atoms with Crippen molar-refractivity contribution in [3.8, 4) is 67.3 Å². The third kappa shape index (κ3) is 5.32. The van der Waals surface area contributed by atoms with Gasteiger partial charge in [-0.05, 0) is 98.0 Å². The van der Waals surface area contributed by atoms with Crippen LogP contribution in [0.2, 0.25) is 0 Å². The highest BCUT2D eigenvalue weighted by Crippen LogP contribution is 2.51. The molecule has 2 heterocycles. The molecule has 1 atom stereocenters. The Balaban J connectivity index is 1.24. The van der Waals surface area contributed by atoms with E-state index in [1.165, 1.54) is 21.5 Å². The summed E-state index contributed by atoms with van der Waals surface area (Å²) in [5.74, 6) is 0.673. The molecule has 250 valence electrons. The molecular weight excluding hydrogens is 664 g/mol. The van der Waals surface area contributed by atoms with E-state index in [2.05, 4.69) is 127 Å². The predicted molar refractivity (Wildman–Crippen MR) is 222 cm³/mol. The molecule has 3 nitrogen and oxygen atoms in total. The zero-order valence-corrected chi connectivity index (χ0v) is 30.0. The molecular formula is C49H33N2OP. The van der Waals surface area contributed by atoms with E-state index in [4.69, 9.17) is 9.97 Å². The number of hydrogen-bond acceptors (Lipinski definition) is 3. The molecule has 10 rings (SSSR count). The fourth-order valence-corrected chi connectivity index (χ4v) is 10.3. The van der Waals surface area contributed by atoms with E-state index in [1.54, 1.807) is 0 Å². The number of aromatic nitrogens is 2. The summed E-state index contributed by atoms with van der Waals surface area (Å²) < 4.78 is 14.4. The Hall–Kier alpha value is -6.41. The van der Waals surface area contributed by atoms with Crippen molar-refractivity contribution < 1.29 is 4.57 Å². The molecule has 0 fully saturated rings. The maximum Gasteiger partial charge on any atom is 0.160 e. The molecule has 1 aromatic heterocycles. The van der Waals surface area contributed by atoms with Crippen LogP contribution in [0.15, 0.2) is 182 Å². The molecule has 9 aromatic rings. The van der Waals surface area contributed by atoms with E-state index in [0.717, 1.165) is 72.1 Å². The first-order valence-corrected chi connectivity index (χ1v) is 20.1. The van der Waals surface area contributed by atoms with Gasteiger partial charge in [-0.2, -0.15) is 0 Å². The monoisotopic (exact) mass is 696 g/mol. The molecule has 8 aromatic carbocycles. The Bertz CT molecular complexity index is 2880. The molecule has 53 heavy (non-hydrogen) atoms. The molecule has 0 N–H and O–H groups in total. The Morgan fingerprint density at radius 2 is 0.962 bits per heavy atom. The fraction of sp³-hybridized carbons (Fsp3) is 0.0204. The molecule has 1 aliphatic heterocycles. The smallest absolute Gasteiger partial charge is 0.160 e. The van der Waals surface area contributed by atoms with Crippen molar-refractivity contribution in [2.45, 2.75) is 0 Å². The van der Waals surface area contributed by atoms with Crippen molar-refractivity contribution in [3.63, 3.8) is 0 Å². The molecule has 0 amide bonds. The van der Waals surface area contributed by atoms with Crippen LogP contribution in [0.4, 0.5) is 0 Å². The van der Waals surface area contributed by atoms with E-state index in [-0.39, 0.29) is 0 Å². The Labute approximate surface area is 308 Å². The van der Waals surface area contributed by atoms with Gasteiger partial charge in [-0.3, -0.25) is 0 Å². The van der Waals surface area contributed by atoms with Gasteiger partial charge < -0.3 is 4.57 Å². The highest BCUT2D eigenvalue weighted by atomic mass is 31.2. The Kier molecular flexibility index (Phi) is 7.32. The second-order valence-corrected chi connectivity index (χ2v) is 16.7. The summed E-state index contributed by atoms with van der Waals surface area (Å²) in [6.45, 7) is 1.90. The van der Waals surface area contributed by atoms with Gasteiger partial charge in [-0.25, -0.2) is 9.97 Å². The maximum atomic E-state index is 14.4. The van der Waals surface area contributed by atoms with Gasteiger partial charge in [-0.1, -0.05) is 146 Å². The standard InChI is InChI=1S/C49H33N2OP/c1-53(52)47-23-13-12-22-42(47)43-25-24-34(30-48(43)53)36-26-37(44-29-35-18-8-9-19-39(35)40-20-10-11-21-41(40)44)28-38(27-36)46-31-45(32-14-4-2-5-15-32)50-49(51-46)33-16-6-3-7-17-33/h2-31H,1H3. The summed E-state index contributed by atoms with van der Waals surface area (Å²) in [6, 6.07) is 63.5. The van der Waals surface area contributed by atoms with Crippen LogP contribution >= 0.6 is 7.14 Å². The lowest BCUT2D eigenvalue weighted by Gasteiger charge is -2.16. The summed E-state index contributed by atoms with van der Waals surface area (Å²) in [7, 11) is -2.77. The maximum absolute atomic E-state index is 14.4. The van der Waals surface area contributed by atoms with Gasteiger partial charge in [0.2, 0.25) is 0 Å². The average Bonchev–Trinajstić information content (AvgIpc) is 3.46. The SMILES string of the molecule is CP1(=O)c2ccccc2-c2ccc(-c3cc(-c4cc(-c5ccccc5)nc(-c5ccccc5)n4)cc(-c4cc5ccccc5c5ccccc45)c3)cc21. The lowest BCUT2D eigenvalue weighted by Crippen LogP contribution is -2.08. The van der Waals surface area contributed by atoms with Crippen LogP contribution in [0.3, 0.4) is 0 Å². The van der Waals surface area contributed by atoms with Crippen LogP contribution in [0.5, 0.6) is 0 Å². The first-order chi connectivity index (χ1) is 26.0. The van der Waals surface area contributed by atoms with E-state index in [1.807, 2.05) is 61.3 Å². The van der Waals surface area contributed by atoms with Crippen molar-refractivity contribution in [3.05, 3.63) is 182 Å². The van der Waals surface area contributed by atoms with Crippen molar-refractivity contribution >= 4 is 39.3 Å². The Morgan fingerprint density at radius 1 is 0.377 bits per heavy atom. The minimum atomic E-state index is -2.77. The first-order valence-electron chi connectivity index (χ1n) is 17.9. The third-order valence-corrected chi connectivity index (χ3v) is 13.2. The number of benzene rings is 8. The quantitative estimate of drug-likeness (QED) is 0.133. The molecule has 0 bridgehead atoms. The predicted octanol–water partition coefficient (Wildman–Crippen LogP) is 12.0. The first kappa shape index (κ1) is 31.3. The number of rotatable bonds is 5. The van der Waals surface area contributed by atoms with Gasteiger partial charge in [-0.15, -0.1) is 0 Å². The highest BCUT2D eigenvalue weighted by molar-refractivity contribution is 7.79. The van der Waals surface area contributed by atoms with Crippen LogP contribution in [0.1, 0.15) is 0 Å². The zero-order chi connectivity index (χ0) is 35.5. The lowest BCUT2D eigenvalue weighted by atomic mass is 9.89. The van der Waals surface area contributed by atoms with Gasteiger partial charge in [0, 0.05) is 27.3 Å².